The predicted octanol–water partition coefficient (Wildman–Crippen LogP) is 1.23. The summed E-state index contributed by atoms with van der Waals surface area (Å²) < 4.78 is 1.75. The van der Waals surface area contributed by atoms with Gasteiger partial charge in [-0.15, -0.1) is 0 Å². The highest BCUT2D eigenvalue weighted by molar-refractivity contribution is 7.07. The van der Waals surface area contributed by atoms with E-state index in [1.807, 2.05) is 12.4 Å². The molecule has 0 unspecified atom stereocenters. The fourth-order valence-electron chi connectivity index (χ4n) is 1.47. The molecule has 0 bridgehead atoms. The summed E-state index contributed by atoms with van der Waals surface area (Å²) >= 11 is 1.71. The molecule has 2 aromatic heterocycles. The minimum atomic E-state index is 0.128. The third kappa shape index (κ3) is 3.16. The number of aliphatic hydroxyl groups excluding tert-OH is 1. The Hall–Kier alpha value is -1.17. The number of nitrogens with zero attached hydrogens (tertiary/aromatic N) is 2. The molecule has 16 heavy (non-hydrogen) atoms. The van der Waals surface area contributed by atoms with E-state index in [4.69, 9.17) is 5.11 Å². The van der Waals surface area contributed by atoms with Crippen molar-refractivity contribution in [3.63, 3.8) is 0 Å². The summed E-state index contributed by atoms with van der Waals surface area (Å²) in [6, 6.07) is 2.12. The molecule has 0 spiro atoms. The first-order valence-electron chi connectivity index (χ1n) is 5.22. The smallest absolute Gasteiger partial charge is 0.0640 e. The van der Waals surface area contributed by atoms with Crippen LogP contribution in [0.3, 0.4) is 0 Å². The molecular formula is C11H15N3OS. The molecule has 4 nitrogen and oxygen atoms in total. The zero-order valence-electron chi connectivity index (χ0n) is 8.97. The van der Waals surface area contributed by atoms with Crippen molar-refractivity contribution in [2.45, 2.75) is 19.6 Å². The molecule has 0 atom stereocenters. The van der Waals surface area contributed by atoms with Crippen molar-refractivity contribution < 1.29 is 5.11 Å². The van der Waals surface area contributed by atoms with Gasteiger partial charge in [0.25, 0.3) is 0 Å². The van der Waals surface area contributed by atoms with Gasteiger partial charge in [0.15, 0.2) is 0 Å². The second-order valence-corrected chi connectivity index (χ2v) is 4.35. The maximum Gasteiger partial charge on any atom is 0.0640 e. The van der Waals surface area contributed by atoms with E-state index in [-0.39, 0.29) is 6.61 Å². The van der Waals surface area contributed by atoms with Crippen LogP contribution in [-0.2, 0) is 19.6 Å². The fourth-order valence-corrected chi connectivity index (χ4v) is 2.14. The maximum absolute atomic E-state index is 8.75. The lowest BCUT2D eigenvalue weighted by atomic mass is 10.3. The standard InChI is InChI=1S/C11H15N3OS/c15-3-2-14-8-11(7-13-14)6-12-5-10-1-4-16-9-10/h1,4,7-9,12,15H,2-3,5-6H2. The molecule has 0 fully saturated rings. The zero-order chi connectivity index (χ0) is 11.2. The van der Waals surface area contributed by atoms with Gasteiger partial charge >= 0.3 is 0 Å². The first-order valence-corrected chi connectivity index (χ1v) is 6.17. The second-order valence-electron chi connectivity index (χ2n) is 3.57. The lowest BCUT2D eigenvalue weighted by Crippen LogP contribution is -2.11. The Morgan fingerprint density at radius 2 is 2.25 bits per heavy atom. The monoisotopic (exact) mass is 237 g/mol. The minimum absolute atomic E-state index is 0.128. The van der Waals surface area contributed by atoms with Gasteiger partial charge in [-0.2, -0.15) is 16.4 Å². The largest absolute Gasteiger partial charge is 0.394 e. The van der Waals surface area contributed by atoms with Crippen LogP contribution in [0.4, 0.5) is 0 Å². The van der Waals surface area contributed by atoms with E-state index < -0.39 is 0 Å². The van der Waals surface area contributed by atoms with Crippen LogP contribution < -0.4 is 5.32 Å². The summed E-state index contributed by atoms with van der Waals surface area (Å²) in [6.07, 6.45) is 3.78. The van der Waals surface area contributed by atoms with Crippen LogP contribution in [0.2, 0.25) is 0 Å². The first-order chi connectivity index (χ1) is 7.88. The quantitative estimate of drug-likeness (QED) is 0.794. The molecular weight excluding hydrogens is 222 g/mol. The lowest BCUT2D eigenvalue weighted by molar-refractivity contribution is 0.269. The number of nitrogens with one attached hydrogen (secondary N) is 1. The third-order valence-corrected chi connectivity index (χ3v) is 2.99. The van der Waals surface area contributed by atoms with Gasteiger partial charge in [-0.3, -0.25) is 4.68 Å². The normalized spacial score (nSPS) is 10.8. The van der Waals surface area contributed by atoms with E-state index in [2.05, 4.69) is 27.2 Å². The molecule has 2 rings (SSSR count). The minimum Gasteiger partial charge on any atom is -0.394 e. The molecule has 5 heteroatoms. The SMILES string of the molecule is OCCn1cc(CNCc2ccsc2)cn1. The number of aromatic nitrogens is 2. The van der Waals surface area contributed by atoms with Gasteiger partial charge in [0.05, 0.1) is 19.3 Å². The lowest BCUT2D eigenvalue weighted by Gasteiger charge is -2.00. The molecule has 0 aliphatic rings. The molecule has 0 radical (unpaired) electrons. The summed E-state index contributed by atoms with van der Waals surface area (Å²) in [7, 11) is 0. The van der Waals surface area contributed by atoms with Crippen molar-refractivity contribution in [2.75, 3.05) is 6.61 Å². The van der Waals surface area contributed by atoms with Crippen LogP contribution in [-0.4, -0.2) is 21.5 Å². The van der Waals surface area contributed by atoms with Crippen LogP contribution in [0, 0.1) is 0 Å². The van der Waals surface area contributed by atoms with Crippen molar-refractivity contribution in [1.82, 2.24) is 15.1 Å². The highest BCUT2D eigenvalue weighted by Crippen LogP contribution is 2.05. The number of thiophene rings is 1. The molecule has 0 saturated heterocycles. The summed E-state index contributed by atoms with van der Waals surface area (Å²) in [6.45, 7) is 2.38. The number of hydrogen-bond acceptors (Lipinski definition) is 4. The topological polar surface area (TPSA) is 50.1 Å². The number of hydrogen-bond donors (Lipinski definition) is 2. The predicted molar refractivity (Wildman–Crippen MR) is 64.2 cm³/mol. The van der Waals surface area contributed by atoms with Crippen molar-refractivity contribution in [2.24, 2.45) is 0 Å². The molecule has 0 saturated carbocycles. The maximum atomic E-state index is 8.75. The van der Waals surface area contributed by atoms with Gasteiger partial charge in [-0.05, 0) is 22.4 Å². The highest BCUT2D eigenvalue weighted by atomic mass is 32.1. The Kier molecular flexibility index (Phi) is 4.10. The van der Waals surface area contributed by atoms with Crippen molar-refractivity contribution >= 4 is 11.3 Å². The van der Waals surface area contributed by atoms with Gasteiger partial charge in [0.2, 0.25) is 0 Å². The Bertz CT molecular complexity index is 411. The van der Waals surface area contributed by atoms with E-state index in [1.165, 1.54) is 5.56 Å². The molecule has 2 N–H and O–H groups in total. The Morgan fingerprint density at radius 1 is 1.38 bits per heavy atom. The summed E-state index contributed by atoms with van der Waals surface area (Å²) in [4.78, 5) is 0. The average Bonchev–Trinajstić information content (AvgIpc) is 2.90. The average molecular weight is 237 g/mol. The van der Waals surface area contributed by atoms with Crippen LogP contribution in [0.15, 0.2) is 29.2 Å². The van der Waals surface area contributed by atoms with E-state index in [9.17, 15) is 0 Å². The molecule has 0 aliphatic heterocycles. The number of rotatable bonds is 6. The van der Waals surface area contributed by atoms with Gasteiger partial charge in [-0.1, -0.05) is 0 Å². The van der Waals surface area contributed by atoms with Crippen molar-refractivity contribution in [3.8, 4) is 0 Å². The van der Waals surface area contributed by atoms with Crippen molar-refractivity contribution in [1.29, 1.82) is 0 Å². The van der Waals surface area contributed by atoms with E-state index in [0.29, 0.717) is 6.54 Å². The van der Waals surface area contributed by atoms with Gasteiger partial charge in [-0.25, -0.2) is 0 Å². The summed E-state index contributed by atoms with van der Waals surface area (Å²) in [5, 5.41) is 20.5. The van der Waals surface area contributed by atoms with Crippen LogP contribution in [0.5, 0.6) is 0 Å². The molecule has 2 aromatic rings. The summed E-state index contributed by atoms with van der Waals surface area (Å²) in [5.74, 6) is 0. The molecule has 86 valence electrons. The van der Waals surface area contributed by atoms with Crippen molar-refractivity contribution in [3.05, 3.63) is 40.3 Å². The Balaban J connectivity index is 1.76. The Morgan fingerprint density at radius 3 is 3.00 bits per heavy atom. The van der Waals surface area contributed by atoms with E-state index in [0.717, 1.165) is 18.7 Å². The highest BCUT2D eigenvalue weighted by Gasteiger charge is 1.98. The second kappa shape index (κ2) is 5.79. The molecule has 0 amide bonds. The van der Waals surface area contributed by atoms with E-state index in [1.54, 1.807) is 16.0 Å². The van der Waals surface area contributed by atoms with Crippen LogP contribution in [0.1, 0.15) is 11.1 Å². The van der Waals surface area contributed by atoms with Crippen LogP contribution >= 0.6 is 11.3 Å². The molecule has 2 heterocycles. The fraction of sp³-hybridized carbons (Fsp3) is 0.364. The third-order valence-electron chi connectivity index (χ3n) is 2.25. The Labute approximate surface area is 98.5 Å². The summed E-state index contributed by atoms with van der Waals surface area (Å²) in [5.41, 5.74) is 2.46. The molecule has 0 aromatic carbocycles. The number of aliphatic hydroxyl groups is 1. The van der Waals surface area contributed by atoms with Crippen LogP contribution in [0.25, 0.3) is 0 Å². The van der Waals surface area contributed by atoms with Gasteiger partial charge < -0.3 is 10.4 Å². The first kappa shape index (κ1) is 11.3. The van der Waals surface area contributed by atoms with E-state index >= 15 is 0 Å². The van der Waals surface area contributed by atoms with Gasteiger partial charge in [0.1, 0.15) is 0 Å². The van der Waals surface area contributed by atoms with Gasteiger partial charge in [0, 0.05) is 24.8 Å². The zero-order valence-corrected chi connectivity index (χ0v) is 9.78. The molecule has 0 aliphatic carbocycles.